The Morgan fingerprint density at radius 2 is 1.82 bits per heavy atom. The molecule has 0 aliphatic carbocycles. The fraction of sp³-hybridized carbons (Fsp3) is 0.0500. The summed E-state index contributed by atoms with van der Waals surface area (Å²) in [6.07, 6.45) is 1.58. The summed E-state index contributed by atoms with van der Waals surface area (Å²) in [5.41, 5.74) is 0.660. The Labute approximate surface area is 170 Å². The minimum absolute atomic E-state index is 0.108. The van der Waals surface area contributed by atoms with Gasteiger partial charge in [0.1, 0.15) is 11.5 Å². The van der Waals surface area contributed by atoms with Crippen LogP contribution in [0.2, 0.25) is 5.02 Å². The Bertz CT molecular complexity index is 1120. The van der Waals surface area contributed by atoms with E-state index in [1.54, 1.807) is 54.6 Å². The third-order valence-corrected chi connectivity index (χ3v) is 4.13. The number of esters is 1. The lowest BCUT2D eigenvalue weighted by atomic mass is 10.1. The monoisotopic (exact) mass is 414 g/mol. The number of carbonyl (C=O) groups is 1. The zero-order valence-electron chi connectivity index (χ0n) is 14.7. The number of hydrogen-bond donors (Lipinski definition) is 2. The summed E-state index contributed by atoms with van der Waals surface area (Å²) in [6, 6.07) is 15.3. The van der Waals surface area contributed by atoms with Crippen molar-refractivity contribution in [1.29, 1.82) is 0 Å². The van der Waals surface area contributed by atoms with Crippen LogP contribution < -0.4 is 10.3 Å². The molecule has 0 fully saturated rings. The number of aromatic amines is 2. The molecule has 6 nitrogen and oxygen atoms in total. The van der Waals surface area contributed by atoms with E-state index in [-0.39, 0.29) is 16.0 Å². The van der Waals surface area contributed by atoms with Crippen LogP contribution in [0.3, 0.4) is 0 Å². The van der Waals surface area contributed by atoms with Crippen LogP contribution in [0, 0.1) is 4.77 Å². The molecule has 0 atom stereocenters. The first-order chi connectivity index (χ1) is 13.4. The summed E-state index contributed by atoms with van der Waals surface area (Å²) < 4.78 is 10.7. The maximum Gasteiger partial charge on any atom is 0.339 e. The predicted octanol–water partition coefficient (Wildman–Crippen LogP) is 4.59. The SMILES string of the molecule is COC(=O)/C(=C\c1cccc(Oc2ccc(Cl)cc2)c1)c1cc(=O)[nH]c(=S)[nH]1. The van der Waals surface area contributed by atoms with Crippen LogP contribution in [-0.2, 0) is 9.53 Å². The minimum Gasteiger partial charge on any atom is -0.465 e. The maximum atomic E-state index is 12.2. The topological polar surface area (TPSA) is 84.2 Å². The van der Waals surface area contributed by atoms with E-state index in [9.17, 15) is 9.59 Å². The number of ether oxygens (including phenoxy) is 2. The lowest BCUT2D eigenvalue weighted by Crippen LogP contribution is -2.12. The molecule has 0 spiro atoms. The lowest BCUT2D eigenvalue weighted by molar-refractivity contribution is -0.133. The number of H-pyrrole nitrogens is 2. The van der Waals surface area contributed by atoms with Crippen molar-refractivity contribution >= 4 is 41.4 Å². The van der Waals surface area contributed by atoms with Crippen LogP contribution in [-0.4, -0.2) is 23.0 Å². The summed E-state index contributed by atoms with van der Waals surface area (Å²) in [5.74, 6) is 0.580. The van der Waals surface area contributed by atoms with Gasteiger partial charge in [-0.05, 0) is 60.3 Å². The highest BCUT2D eigenvalue weighted by Gasteiger charge is 2.14. The highest BCUT2D eigenvalue weighted by Crippen LogP contribution is 2.25. The Morgan fingerprint density at radius 1 is 1.07 bits per heavy atom. The summed E-state index contributed by atoms with van der Waals surface area (Å²) in [6.45, 7) is 0. The Morgan fingerprint density at radius 3 is 2.50 bits per heavy atom. The molecule has 0 unspecified atom stereocenters. The molecule has 0 aliphatic rings. The number of methoxy groups -OCH3 is 1. The molecule has 8 heteroatoms. The van der Waals surface area contributed by atoms with Gasteiger partial charge in [0, 0.05) is 11.1 Å². The predicted molar refractivity (Wildman–Crippen MR) is 110 cm³/mol. The zero-order valence-corrected chi connectivity index (χ0v) is 16.3. The fourth-order valence-electron chi connectivity index (χ4n) is 2.44. The van der Waals surface area contributed by atoms with Crippen LogP contribution in [0.25, 0.3) is 11.6 Å². The second-order valence-electron chi connectivity index (χ2n) is 5.68. The lowest BCUT2D eigenvalue weighted by Gasteiger charge is -2.08. The van der Waals surface area contributed by atoms with Crippen LogP contribution in [0.5, 0.6) is 11.5 Å². The fourth-order valence-corrected chi connectivity index (χ4v) is 2.78. The van der Waals surface area contributed by atoms with E-state index < -0.39 is 11.5 Å². The summed E-state index contributed by atoms with van der Waals surface area (Å²) in [5, 5.41) is 0.613. The van der Waals surface area contributed by atoms with Crippen LogP contribution >= 0.6 is 23.8 Å². The standard InChI is InChI=1S/C20H15ClN2O4S/c1-26-19(25)16(17-11-18(24)23-20(28)22-17)10-12-3-2-4-15(9-12)27-14-7-5-13(21)6-8-14/h2-11H,1H3,(H2,22,23,24,28)/b16-10-. The van der Waals surface area contributed by atoms with Gasteiger partial charge < -0.3 is 14.5 Å². The van der Waals surface area contributed by atoms with Crippen molar-refractivity contribution in [2.24, 2.45) is 0 Å². The largest absolute Gasteiger partial charge is 0.465 e. The number of rotatable bonds is 5. The molecule has 2 aromatic carbocycles. The smallest absolute Gasteiger partial charge is 0.339 e. The molecule has 0 saturated carbocycles. The van der Waals surface area contributed by atoms with Gasteiger partial charge in [-0.2, -0.15) is 0 Å². The van der Waals surface area contributed by atoms with Crippen molar-refractivity contribution < 1.29 is 14.3 Å². The summed E-state index contributed by atoms with van der Waals surface area (Å²) >= 11 is 10.9. The van der Waals surface area contributed by atoms with Gasteiger partial charge in [0.15, 0.2) is 4.77 Å². The third kappa shape index (κ3) is 4.97. The van der Waals surface area contributed by atoms with Crippen LogP contribution in [0.1, 0.15) is 11.3 Å². The molecule has 0 amide bonds. The van der Waals surface area contributed by atoms with E-state index in [0.717, 1.165) is 0 Å². The van der Waals surface area contributed by atoms with Crippen molar-refractivity contribution in [3.8, 4) is 11.5 Å². The molecule has 28 heavy (non-hydrogen) atoms. The zero-order chi connectivity index (χ0) is 20.1. The van der Waals surface area contributed by atoms with Gasteiger partial charge in [0.25, 0.3) is 5.56 Å². The molecule has 0 saturated heterocycles. The first-order valence-electron chi connectivity index (χ1n) is 8.12. The first kappa shape index (κ1) is 19.6. The number of aromatic nitrogens is 2. The van der Waals surface area contributed by atoms with Crippen molar-refractivity contribution in [2.45, 2.75) is 0 Å². The van der Waals surface area contributed by atoms with Crippen LogP contribution in [0.15, 0.2) is 59.4 Å². The molecule has 1 heterocycles. The van der Waals surface area contributed by atoms with Gasteiger partial charge in [0.2, 0.25) is 0 Å². The quantitative estimate of drug-likeness (QED) is 0.362. The van der Waals surface area contributed by atoms with Crippen LogP contribution in [0.4, 0.5) is 0 Å². The average Bonchev–Trinajstić information content (AvgIpc) is 2.67. The summed E-state index contributed by atoms with van der Waals surface area (Å²) in [4.78, 5) is 29.2. The van der Waals surface area contributed by atoms with Gasteiger partial charge in [-0.15, -0.1) is 0 Å². The van der Waals surface area contributed by atoms with Crippen molar-refractivity contribution in [2.75, 3.05) is 7.11 Å². The third-order valence-electron chi connectivity index (χ3n) is 3.67. The van der Waals surface area contributed by atoms with Gasteiger partial charge in [-0.3, -0.25) is 9.78 Å². The molecule has 0 radical (unpaired) electrons. The number of benzene rings is 2. The molecule has 2 N–H and O–H groups in total. The molecule has 1 aromatic heterocycles. The molecule has 0 aliphatic heterocycles. The summed E-state index contributed by atoms with van der Waals surface area (Å²) in [7, 11) is 1.26. The molecule has 0 bridgehead atoms. The van der Waals surface area contributed by atoms with E-state index in [0.29, 0.717) is 22.1 Å². The molecule has 3 rings (SSSR count). The molecular weight excluding hydrogens is 400 g/mol. The Hall–Kier alpha value is -3.16. The van der Waals surface area contributed by atoms with Gasteiger partial charge in [0.05, 0.1) is 18.4 Å². The van der Waals surface area contributed by atoms with Gasteiger partial charge in [-0.25, -0.2) is 4.79 Å². The van der Waals surface area contributed by atoms with E-state index in [2.05, 4.69) is 9.97 Å². The minimum atomic E-state index is -0.611. The van der Waals surface area contributed by atoms with Gasteiger partial charge in [-0.1, -0.05) is 23.7 Å². The van der Waals surface area contributed by atoms with E-state index in [4.69, 9.17) is 33.3 Å². The molecule has 3 aromatic rings. The first-order valence-corrected chi connectivity index (χ1v) is 8.91. The number of halogens is 1. The van der Waals surface area contributed by atoms with Gasteiger partial charge >= 0.3 is 5.97 Å². The molecule has 142 valence electrons. The van der Waals surface area contributed by atoms with E-state index in [1.165, 1.54) is 13.2 Å². The Balaban J connectivity index is 1.98. The number of nitrogens with one attached hydrogen (secondary N) is 2. The highest BCUT2D eigenvalue weighted by atomic mass is 35.5. The second kappa shape index (κ2) is 8.69. The van der Waals surface area contributed by atoms with Crippen molar-refractivity contribution in [3.05, 3.63) is 86.0 Å². The maximum absolute atomic E-state index is 12.2. The normalized spacial score (nSPS) is 11.1. The second-order valence-corrected chi connectivity index (χ2v) is 6.52. The Kier molecular flexibility index (Phi) is 6.08. The molecular formula is C20H15ClN2O4S. The highest BCUT2D eigenvalue weighted by molar-refractivity contribution is 7.71. The number of hydrogen-bond acceptors (Lipinski definition) is 5. The van der Waals surface area contributed by atoms with E-state index >= 15 is 0 Å². The van der Waals surface area contributed by atoms with E-state index in [1.807, 2.05) is 0 Å². The van der Waals surface area contributed by atoms with Crippen molar-refractivity contribution in [3.63, 3.8) is 0 Å². The average molecular weight is 415 g/mol. The number of carbonyl (C=O) groups excluding carboxylic acids is 1. The van der Waals surface area contributed by atoms with Crippen molar-refractivity contribution in [1.82, 2.24) is 9.97 Å².